The molecular formula is C20H19N3O4. The van der Waals surface area contributed by atoms with Crippen molar-refractivity contribution in [2.24, 2.45) is 5.73 Å². The zero-order valence-electron chi connectivity index (χ0n) is 14.7. The molecule has 0 spiro atoms. The highest BCUT2D eigenvalue weighted by molar-refractivity contribution is 6.17. The standard InChI is InChI=1S/C20H19N3O4/c1-2-6-16(24)12-9-10-14-15(11-12)23(20(21)27)19(26)17(14)18(25)22-13-7-4-3-5-8-13/h3-5,7-11,26H,2,6H2,1H3,(H2,21,27)(H,22,25). The second-order valence-corrected chi connectivity index (χ2v) is 6.10. The van der Waals surface area contributed by atoms with Crippen LogP contribution >= 0.6 is 0 Å². The number of hydrogen-bond acceptors (Lipinski definition) is 4. The molecule has 0 aliphatic carbocycles. The van der Waals surface area contributed by atoms with Crippen LogP contribution in [0.15, 0.2) is 48.5 Å². The number of nitrogens with one attached hydrogen (secondary N) is 1. The molecule has 4 N–H and O–H groups in total. The van der Waals surface area contributed by atoms with Crippen LogP contribution in [-0.4, -0.2) is 27.4 Å². The van der Waals surface area contributed by atoms with Gasteiger partial charge in [-0.2, -0.15) is 0 Å². The summed E-state index contributed by atoms with van der Waals surface area (Å²) in [5, 5.41) is 13.5. The second kappa shape index (κ2) is 7.33. The van der Waals surface area contributed by atoms with Gasteiger partial charge in [-0.1, -0.05) is 37.3 Å². The summed E-state index contributed by atoms with van der Waals surface area (Å²) in [7, 11) is 0. The predicted molar refractivity (Wildman–Crippen MR) is 102 cm³/mol. The highest BCUT2D eigenvalue weighted by atomic mass is 16.3. The zero-order valence-corrected chi connectivity index (χ0v) is 14.7. The van der Waals surface area contributed by atoms with Gasteiger partial charge in [0.05, 0.1) is 5.52 Å². The van der Waals surface area contributed by atoms with E-state index in [1.807, 2.05) is 6.92 Å². The normalized spacial score (nSPS) is 10.7. The fourth-order valence-electron chi connectivity index (χ4n) is 2.98. The van der Waals surface area contributed by atoms with E-state index < -0.39 is 17.8 Å². The maximum Gasteiger partial charge on any atom is 0.326 e. The molecule has 0 atom stereocenters. The van der Waals surface area contributed by atoms with Crippen molar-refractivity contribution < 1.29 is 19.5 Å². The summed E-state index contributed by atoms with van der Waals surface area (Å²) in [5.74, 6) is -1.24. The van der Waals surface area contributed by atoms with Gasteiger partial charge in [0.1, 0.15) is 5.56 Å². The van der Waals surface area contributed by atoms with E-state index in [-0.39, 0.29) is 16.9 Å². The Hall–Kier alpha value is -3.61. The average molecular weight is 365 g/mol. The summed E-state index contributed by atoms with van der Waals surface area (Å²) in [6, 6.07) is 12.4. The highest BCUT2D eigenvalue weighted by Gasteiger charge is 2.25. The number of hydrogen-bond donors (Lipinski definition) is 3. The third-order valence-electron chi connectivity index (χ3n) is 4.22. The van der Waals surface area contributed by atoms with Gasteiger partial charge in [-0.15, -0.1) is 0 Å². The lowest BCUT2D eigenvalue weighted by atomic mass is 10.0. The molecule has 0 unspecified atom stereocenters. The number of para-hydroxylation sites is 1. The number of carbonyl (C=O) groups excluding carboxylic acids is 3. The number of aromatic nitrogens is 1. The third-order valence-corrected chi connectivity index (χ3v) is 4.22. The summed E-state index contributed by atoms with van der Waals surface area (Å²) in [5.41, 5.74) is 6.43. The molecular weight excluding hydrogens is 346 g/mol. The Balaban J connectivity index is 2.13. The van der Waals surface area contributed by atoms with Crippen molar-refractivity contribution in [1.82, 2.24) is 4.57 Å². The Kier molecular flexibility index (Phi) is 4.94. The van der Waals surface area contributed by atoms with E-state index in [2.05, 4.69) is 5.32 Å². The number of Topliss-reactive ketones (excluding diaryl/α,β-unsaturated/α-hetero) is 1. The molecule has 1 heterocycles. The van der Waals surface area contributed by atoms with Crippen LogP contribution in [0.3, 0.4) is 0 Å². The van der Waals surface area contributed by atoms with Crippen LogP contribution in [0.25, 0.3) is 10.9 Å². The SMILES string of the molecule is CCCC(=O)c1ccc2c(C(=O)Nc3ccccc3)c(O)n(C(N)=O)c2c1. The molecule has 2 aromatic carbocycles. The first-order valence-electron chi connectivity index (χ1n) is 8.50. The van der Waals surface area contributed by atoms with Crippen molar-refractivity contribution in [3.63, 3.8) is 0 Å². The van der Waals surface area contributed by atoms with Gasteiger partial charge in [-0.05, 0) is 24.6 Å². The van der Waals surface area contributed by atoms with Gasteiger partial charge in [0.15, 0.2) is 5.78 Å². The molecule has 0 saturated heterocycles. The largest absolute Gasteiger partial charge is 0.494 e. The van der Waals surface area contributed by atoms with Crippen LogP contribution in [0.4, 0.5) is 10.5 Å². The highest BCUT2D eigenvalue weighted by Crippen LogP contribution is 2.32. The van der Waals surface area contributed by atoms with Crippen LogP contribution in [-0.2, 0) is 0 Å². The van der Waals surface area contributed by atoms with E-state index >= 15 is 0 Å². The quantitative estimate of drug-likeness (QED) is 0.600. The van der Waals surface area contributed by atoms with Gasteiger partial charge in [0, 0.05) is 23.1 Å². The number of amides is 2. The van der Waals surface area contributed by atoms with Crippen molar-refractivity contribution in [2.75, 3.05) is 5.32 Å². The number of fused-ring (bicyclic) bond motifs is 1. The Morgan fingerprint density at radius 3 is 2.44 bits per heavy atom. The molecule has 2 amide bonds. The van der Waals surface area contributed by atoms with Gasteiger partial charge in [0.2, 0.25) is 5.88 Å². The Labute approximate surface area is 155 Å². The topological polar surface area (TPSA) is 114 Å². The third kappa shape index (κ3) is 3.39. The summed E-state index contributed by atoms with van der Waals surface area (Å²) in [4.78, 5) is 36.7. The zero-order chi connectivity index (χ0) is 19.6. The van der Waals surface area contributed by atoms with Gasteiger partial charge in [0.25, 0.3) is 5.91 Å². The molecule has 138 valence electrons. The Morgan fingerprint density at radius 1 is 1.11 bits per heavy atom. The number of nitrogens with two attached hydrogens (primary N) is 1. The predicted octanol–water partition coefficient (Wildman–Crippen LogP) is 3.51. The molecule has 7 heteroatoms. The van der Waals surface area contributed by atoms with E-state index in [4.69, 9.17) is 5.73 Å². The van der Waals surface area contributed by atoms with Gasteiger partial charge < -0.3 is 16.2 Å². The first kappa shape index (κ1) is 18.2. The fraction of sp³-hybridized carbons (Fsp3) is 0.150. The molecule has 1 aromatic heterocycles. The van der Waals surface area contributed by atoms with Gasteiger partial charge in [-0.25, -0.2) is 9.36 Å². The lowest BCUT2D eigenvalue weighted by Gasteiger charge is -2.05. The molecule has 27 heavy (non-hydrogen) atoms. The Bertz CT molecular complexity index is 1040. The first-order valence-corrected chi connectivity index (χ1v) is 8.50. The summed E-state index contributed by atoms with van der Waals surface area (Å²) >= 11 is 0. The van der Waals surface area contributed by atoms with Crippen molar-refractivity contribution in [1.29, 1.82) is 0 Å². The molecule has 0 aliphatic rings. The summed E-state index contributed by atoms with van der Waals surface area (Å²) in [6.07, 6.45) is 1.04. The monoisotopic (exact) mass is 365 g/mol. The number of carbonyl (C=O) groups is 3. The lowest BCUT2D eigenvalue weighted by molar-refractivity contribution is 0.0980. The smallest absolute Gasteiger partial charge is 0.326 e. The van der Waals surface area contributed by atoms with E-state index in [0.717, 1.165) is 4.57 Å². The maximum atomic E-state index is 12.7. The van der Waals surface area contributed by atoms with Crippen molar-refractivity contribution >= 4 is 34.3 Å². The first-order chi connectivity index (χ1) is 12.9. The molecule has 0 fully saturated rings. The number of aromatic hydroxyl groups is 1. The fourth-order valence-corrected chi connectivity index (χ4v) is 2.98. The van der Waals surface area contributed by atoms with Crippen molar-refractivity contribution in [3.8, 4) is 5.88 Å². The molecule has 0 bridgehead atoms. The Morgan fingerprint density at radius 2 is 1.81 bits per heavy atom. The minimum Gasteiger partial charge on any atom is -0.494 e. The number of primary amides is 1. The number of rotatable bonds is 5. The van der Waals surface area contributed by atoms with Crippen LogP contribution in [0, 0.1) is 0 Å². The number of nitrogens with zero attached hydrogens (tertiary/aromatic N) is 1. The van der Waals surface area contributed by atoms with Gasteiger partial charge in [-0.3, -0.25) is 9.59 Å². The maximum absolute atomic E-state index is 12.7. The van der Waals surface area contributed by atoms with Crippen LogP contribution in [0.5, 0.6) is 5.88 Å². The van der Waals surface area contributed by atoms with Crippen molar-refractivity contribution in [3.05, 3.63) is 59.7 Å². The number of anilines is 1. The lowest BCUT2D eigenvalue weighted by Crippen LogP contribution is -2.19. The number of benzene rings is 2. The molecule has 3 rings (SSSR count). The van der Waals surface area contributed by atoms with E-state index in [9.17, 15) is 19.5 Å². The minimum atomic E-state index is -0.948. The summed E-state index contributed by atoms with van der Waals surface area (Å²) < 4.78 is 0.831. The van der Waals surface area contributed by atoms with Crippen LogP contribution in [0.2, 0.25) is 0 Å². The number of ketones is 1. The van der Waals surface area contributed by atoms with E-state index in [1.165, 1.54) is 12.1 Å². The summed E-state index contributed by atoms with van der Waals surface area (Å²) in [6.45, 7) is 1.89. The van der Waals surface area contributed by atoms with Crippen molar-refractivity contribution in [2.45, 2.75) is 19.8 Å². The minimum absolute atomic E-state index is 0.0813. The molecule has 0 radical (unpaired) electrons. The molecule has 0 aliphatic heterocycles. The average Bonchev–Trinajstić information content (AvgIpc) is 2.93. The van der Waals surface area contributed by atoms with Gasteiger partial charge >= 0.3 is 6.03 Å². The molecule has 0 saturated carbocycles. The molecule has 3 aromatic rings. The second-order valence-electron chi connectivity index (χ2n) is 6.10. The molecule has 7 nitrogen and oxygen atoms in total. The van der Waals surface area contributed by atoms with Crippen LogP contribution in [0.1, 0.15) is 40.5 Å². The van der Waals surface area contributed by atoms with E-state index in [0.29, 0.717) is 29.5 Å². The van der Waals surface area contributed by atoms with Crippen LogP contribution < -0.4 is 11.1 Å². The van der Waals surface area contributed by atoms with E-state index in [1.54, 1.807) is 36.4 Å².